The Labute approximate surface area is 173 Å². The van der Waals surface area contributed by atoms with Crippen LogP contribution in [-0.2, 0) is 13.1 Å². The summed E-state index contributed by atoms with van der Waals surface area (Å²) in [5.41, 5.74) is 2.29. The van der Waals surface area contributed by atoms with Crippen LogP contribution in [0.2, 0.25) is 0 Å². The molecule has 2 aromatic heterocycles. The third-order valence-corrected chi connectivity index (χ3v) is 4.98. The van der Waals surface area contributed by atoms with Crippen molar-refractivity contribution >= 4 is 57.2 Å². The van der Waals surface area contributed by atoms with Crippen molar-refractivity contribution in [2.45, 2.75) is 40.3 Å². The summed E-state index contributed by atoms with van der Waals surface area (Å²) in [5.74, 6) is 0.866. The molecule has 2 heterocycles. The van der Waals surface area contributed by atoms with Gasteiger partial charge >= 0.3 is 0 Å². The van der Waals surface area contributed by atoms with E-state index in [4.69, 9.17) is 0 Å². The lowest BCUT2D eigenvalue weighted by Gasteiger charge is -2.11. The first kappa shape index (κ1) is 21.4. The minimum atomic E-state index is 0. The summed E-state index contributed by atoms with van der Waals surface area (Å²) in [6.45, 7) is 9.55. The molecular weight excluding hydrogens is 501 g/mol. The van der Waals surface area contributed by atoms with Crippen LogP contribution in [0, 0.1) is 13.8 Å². The summed E-state index contributed by atoms with van der Waals surface area (Å²) in [4.78, 5) is 5.87. The van der Waals surface area contributed by atoms with Gasteiger partial charge in [-0.1, -0.05) is 0 Å². The first-order valence-electron chi connectivity index (χ1n) is 7.84. The van der Waals surface area contributed by atoms with E-state index in [1.807, 2.05) is 6.92 Å². The molecule has 0 radical (unpaired) electrons. The Morgan fingerprint density at radius 1 is 1.33 bits per heavy atom. The largest absolute Gasteiger partial charge is 0.357 e. The second-order valence-corrected chi connectivity index (χ2v) is 7.27. The first-order valence-corrected chi connectivity index (χ1v) is 9.52. The number of aliphatic imine (C=N–C) groups is 1. The van der Waals surface area contributed by atoms with Crippen molar-refractivity contribution in [1.29, 1.82) is 0 Å². The Hall–Kier alpha value is -0.610. The molecular formula is C16H25BrIN5S. The average molecular weight is 526 g/mol. The van der Waals surface area contributed by atoms with E-state index in [1.54, 1.807) is 11.3 Å². The molecule has 0 spiro atoms. The third-order valence-electron chi connectivity index (χ3n) is 3.30. The van der Waals surface area contributed by atoms with Gasteiger partial charge in [0.2, 0.25) is 0 Å². The second kappa shape index (κ2) is 11.1. The predicted octanol–water partition coefficient (Wildman–Crippen LogP) is 4.09. The van der Waals surface area contributed by atoms with Crippen LogP contribution in [0.25, 0.3) is 0 Å². The Morgan fingerprint density at radius 2 is 2.12 bits per heavy atom. The number of hydrogen-bond donors (Lipinski definition) is 2. The lowest BCUT2D eigenvalue weighted by atomic mass is 10.4. The summed E-state index contributed by atoms with van der Waals surface area (Å²) in [7, 11) is 0. The maximum absolute atomic E-state index is 4.62. The highest BCUT2D eigenvalue weighted by molar-refractivity contribution is 14.0. The molecule has 0 saturated carbocycles. The standard InChI is InChI=1S/C16H24BrN5S.HI/c1-4-18-16(20-10-15-9-14(17)11-23-15)19-6-5-7-22-13(3)8-12(2)21-22;/h8-9,11H,4-7,10H2,1-3H3,(H2,18,19,20);1H. The average Bonchev–Trinajstić information content (AvgIpc) is 3.06. The van der Waals surface area contributed by atoms with E-state index in [0.717, 1.165) is 42.2 Å². The van der Waals surface area contributed by atoms with Gasteiger partial charge < -0.3 is 10.6 Å². The van der Waals surface area contributed by atoms with Gasteiger partial charge in [-0.15, -0.1) is 35.3 Å². The molecule has 8 heteroatoms. The lowest BCUT2D eigenvalue weighted by molar-refractivity contribution is 0.555. The molecule has 0 aliphatic heterocycles. The van der Waals surface area contributed by atoms with Gasteiger partial charge in [-0.3, -0.25) is 4.68 Å². The minimum absolute atomic E-state index is 0. The SMILES string of the molecule is CCNC(=NCc1cc(Br)cs1)NCCCn1nc(C)cc1C.I. The summed E-state index contributed by atoms with van der Waals surface area (Å²) >= 11 is 5.19. The number of guanidine groups is 1. The smallest absolute Gasteiger partial charge is 0.191 e. The monoisotopic (exact) mass is 525 g/mol. The van der Waals surface area contributed by atoms with E-state index in [1.165, 1.54) is 10.6 Å². The molecule has 24 heavy (non-hydrogen) atoms. The van der Waals surface area contributed by atoms with Crippen molar-refractivity contribution in [3.05, 3.63) is 38.3 Å². The maximum Gasteiger partial charge on any atom is 0.191 e. The molecule has 2 aromatic rings. The summed E-state index contributed by atoms with van der Waals surface area (Å²) in [6, 6.07) is 4.22. The van der Waals surface area contributed by atoms with Crippen LogP contribution in [0.4, 0.5) is 0 Å². The van der Waals surface area contributed by atoms with E-state index < -0.39 is 0 Å². The Bertz CT molecular complexity index is 653. The van der Waals surface area contributed by atoms with Crippen LogP contribution >= 0.6 is 51.2 Å². The van der Waals surface area contributed by atoms with Gasteiger partial charge in [0.05, 0.1) is 12.2 Å². The number of rotatable bonds is 7. The van der Waals surface area contributed by atoms with Crippen molar-refractivity contribution < 1.29 is 0 Å². The number of hydrogen-bond acceptors (Lipinski definition) is 3. The Morgan fingerprint density at radius 3 is 2.71 bits per heavy atom. The molecule has 2 N–H and O–H groups in total. The van der Waals surface area contributed by atoms with Crippen LogP contribution in [-0.4, -0.2) is 28.8 Å². The van der Waals surface area contributed by atoms with Crippen LogP contribution in [0.3, 0.4) is 0 Å². The van der Waals surface area contributed by atoms with Gasteiger partial charge in [0.25, 0.3) is 0 Å². The van der Waals surface area contributed by atoms with Gasteiger partial charge in [-0.2, -0.15) is 5.10 Å². The number of aromatic nitrogens is 2. The van der Waals surface area contributed by atoms with Crippen molar-refractivity contribution in [1.82, 2.24) is 20.4 Å². The van der Waals surface area contributed by atoms with Crippen LogP contribution in [0.15, 0.2) is 27.0 Å². The van der Waals surface area contributed by atoms with Gasteiger partial charge in [-0.25, -0.2) is 4.99 Å². The van der Waals surface area contributed by atoms with Crippen molar-refractivity contribution in [2.24, 2.45) is 4.99 Å². The first-order chi connectivity index (χ1) is 11.1. The zero-order valence-electron chi connectivity index (χ0n) is 14.3. The highest BCUT2D eigenvalue weighted by Gasteiger charge is 2.02. The molecule has 0 atom stereocenters. The van der Waals surface area contributed by atoms with Crippen LogP contribution in [0.5, 0.6) is 0 Å². The van der Waals surface area contributed by atoms with E-state index in [-0.39, 0.29) is 24.0 Å². The van der Waals surface area contributed by atoms with Crippen LogP contribution < -0.4 is 10.6 Å². The van der Waals surface area contributed by atoms with Gasteiger partial charge in [0, 0.05) is 40.1 Å². The number of thiophene rings is 1. The number of nitrogens with one attached hydrogen (secondary N) is 2. The molecule has 0 unspecified atom stereocenters. The molecule has 0 amide bonds. The molecule has 0 bridgehead atoms. The van der Waals surface area contributed by atoms with Gasteiger partial charge in [0.15, 0.2) is 5.96 Å². The van der Waals surface area contributed by atoms with E-state index in [9.17, 15) is 0 Å². The zero-order valence-corrected chi connectivity index (χ0v) is 19.0. The minimum Gasteiger partial charge on any atom is -0.357 e. The zero-order chi connectivity index (χ0) is 16.7. The highest BCUT2D eigenvalue weighted by Crippen LogP contribution is 2.20. The Balaban J connectivity index is 0.00000288. The molecule has 0 aromatic carbocycles. The lowest BCUT2D eigenvalue weighted by Crippen LogP contribution is -2.38. The predicted molar refractivity (Wildman–Crippen MR) is 117 cm³/mol. The number of aryl methyl sites for hydroxylation is 3. The van der Waals surface area contributed by atoms with Crippen molar-refractivity contribution in [2.75, 3.05) is 13.1 Å². The summed E-state index contributed by atoms with van der Waals surface area (Å²) in [5, 5.41) is 13.2. The van der Waals surface area contributed by atoms with Gasteiger partial charge in [-0.05, 0) is 55.3 Å². The van der Waals surface area contributed by atoms with Crippen molar-refractivity contribution in [3.63, 3.8) is 0 Å². The fourth-order valence-electron chi connectivity index (χ4n) is 2.27. The second-order valence-electron chi connectivity index (χ2n) is 5.36. The van der Waals surface area contributed by atoms with E-state index in [2.05, 4.69) is 72.7 Å². The topological polar surface area (TPSA) is 54.2 Å². The van der Waals surface area contributed by atoms with Crippen LogP contribution in [0.1, 0.15) is 29.6 Å². The van der Waals surface area contributed by atoms with E-state index in [0.29, 0.717) is 6.54 Å². The number of nitrogens with zero attached hydrogens (tertiary/aromatic N) is 3. The molecule has 0 aliphatic rings. The molecule has 0 aliphatic carbocycles. The summed E-state index contributed by atoms with van der Waals surface area (Å²) < 4.78 is 3.18. The van der Waals surface area contributed by atoms with Gasteiger partial charge in [0.1, 0.15) is 0 Å². The maximum atomic E-state index is 4.62. The highest BCUT2D eigenvalue weighted by atomic mass is 127. The number of halogens is 2. The summed E-state index contributed by atoms with van der Waals surface area (Å²) in [6.07, 6.45) is 1.01. The molecule has 0 saturated heterocycles. The van der Waals surface area contributed by atoms with Crippen molar-refractivity contribution in [3.8, 4) is 0 Å². The molecule has 134 valence electrons. The molecule has 5 nitrogen and oxygen atoms in total. The fraction of sp³-hybridized carbons (Fsp3) is 0.500. The molecule has 0 fully saturated rings. The third kappa shape index (κ3) is 7.10. The van der Waals surface area contributed by atoms with E-state index >= 15 is 0 Å². The Kier molecular flexibility index (Phi) is 9.91. The molecule has 2 rings (SSSR count). The normalized spacial score (nSPS) is 11.2. The quantitative estimate of drug-likeness (QED) is 0.248. The fourth-order valence-corrected chi connectivity index (χ4v) is 3.65.